The third-order valence-electron chi connectivity index (χ3n) is 5.19. The van der Waals surface area contributed by atoms with E-state index >= 15 is 0 Å². The Bertz CT molecular complexity index is 1130. The quantitative estimate of drug-likeness (QED) is 0.369. The van der Waals surface area contributed by atoms with Crippen molar-refractivity contribution in [3.63, 3.8) is 0 Å². The Morgan fingerprint density at radius 2 is 1.38 bits per heavy atom. The molecule has 176 valence electrons. The summed E-state index contributed by atoms with van der Waals surface area (Å²) in [4.78, 5) is 36.7. The normalized spacial score (nSPS) is 11.4. The summed E-state index contributed by atoms with van der Waals surface area (Å²) in [5, 5.41) is 11.6. The number of hydrogen-bond donors (Lipinski definition) is 4. The number of amides is 3. The Balaban J connectivity index is 1.49. The Labute approximate surface area is 200 Å². The van der Waals surface area contributed by atoms with Crippen LogP contribution in [0, 0.1) is 5.92 Å². The molecule has 0 heterocycles. The molecule has 0 aromatic heterocycles. The summed E-state index contributed by atoms with van der Waals surface area (Å²) in [7, 11) is 0. The van der Waals surface area contributed by atoms with E-state index in [0.717, 1.165) is 11.3 Å². The molecular formula is C27H30N4O3. The zero-order valence-electron chi connectivity index (χ0n) is 19.6. The van der Waals surface area contributed by atoms with Crippen molar-refractivity contribution in [2.75, 3.05) is 22.5 Å². The summed E-state index contributed by atoms with van der Waals surface area (Å²) in [5.41, 5.74) is 3.51. The highest BCUT2D eigenvalue weighted by Crippen LogP contribution is 2.17. The van der Waals surface area contributed by atoms with Crippen LogP contribution in [0.25, 0.3) is 0 Å². The molecule has 0 radical (unpaired) electrons. The first-order valence-corrected chi connectivity index (χ1v) is 11.2. The number of hydrogen-bond acceptors (Lipinski definition) is 4. The van der Waals surface area contributed by atoms with Gasteiger partial charge in [-0.15, -0.1) is 0 Å². The predicted molar refractivity (Wildman–Crippen MR) is 136 cm³/mol. The summed E-state index contributed by atoms with van der Waals surface area (Å²) in [5.74, 6) is -0.611. The highest BCUT2D eigenvalue weighted by atomic mass is 16.2. The smallest absolute Gasteiger partial charge is 0.251 e. The van der Waals surface area contributed by atoms with Crippen molar-refractivity contribution in [1.29, 1.82) is 0 Å². The molecule has 7 heteroatoms. The molecule has 1 atom stereocenters. The van der Waals surface area contributed by atoms with Gasteiger partial charge in [-0.3, -0.25) is 14.4 Å². The minimum Gasteiger partial charge on any atom is -0.376 e. The monoisotopic (exact) mass is 458 g/mol. The van der Waals surface area contributed by atoms with Crippen LogP contribution < -0.4 is 21.3 Å². The SMILES string of the molecule is CC(C)C(=O)Nc1cccc(NC(=O)CNc2ccc(C(=O)NC(C)c3ccccc3)cc2)c1. The first-order valence-electron chi connectivity index (χ1n) is 11.2. The van der Waals surface area contributed by atoms with Gasteiger partial charge in [0.2, 0.25) is 11.8 Å². The second kappa shape index (κ2) is 11.7. The molecule has 3 amide bonds. The number of carbonyl (C=O) groups is 3. The van der Waals surface area contributed by atoms with E-state index in [0.29, 0.717) is 16.9 Å². The predicted octanol–water partition coefficient (Wildman–Crippen LogP) is 4.82. The molecule has 1 unspecified atom stereocenters. The molecule has 0 saturated heterocycles. The number of carbonyl (C=O) groups excluding carboxylic acids is 3. The third kappa shape index (κ3) is 7.20. The summed E-state index contributed by atoms with van der Waals surface area (Å²) >= 11 is 0. The molecule has 3 rings (SSSR count). The van der Waals surface area contributed by atoms with Gasteiger partial charge in [0, 0.05) is 28.5 Å². The molecule has 0 aliphatic carbocycles. The molecule has 7 nitrogen and oxygen atoms in total. The lowest BCUT2D eigenvalue weighted by Crippen LogP contribution is -2.26. The third-order valence-corrected chi connectivity index (χ3v) is 5.19. The van der Waals surface area contributed by atoms with Crippen molar-refractivity contribution in [2.24, 2.45) is 5.92 Å². The Kier molecular flexibility index (Phi) is 8.40. The van der Waals surface area contributed by atoms with Gasteiger partial charge in [0.05, 0.1) is 12.6 Å². The lowest BCUT2D eigenvalue weighted by atomic mass is 10.1. The molecule has 34 heavy (non-hydrogen) atoms. The van der Waals surface area contributed by atoms with Crippen molar-refractivity contribution in [3.8, 4) is 0 Å². The highest BCUT2D eigenvalue weighted by molar-refractivity contribution is 5.97. The number of nitrogens with one attached hydrogen (secondary N) is 4. The summed E-state index contributed by atoms with van der Waals surface area (Å²) in [6.07, 6.45) is 0. The van der Waals surface area contributed by atoms with Gasteiger partial charge >= 0.3 is 0 Å². The van der Waals surface area contributed by atoms with Crippen LogP contribution in [0.1, 0.15) is 42.7 Å². The fraction of sp³-hybridized carbons (Fsp3) is 0.222. The van der Waals surface area contributed by atoms with Crippen molar-refractivity contribution >= 4 is 34.8 Å². The molecule has 0 aliphatic heterocycles. The molecule has 0 bridgehead atoms. The van der Waals surface area contributed by atoms with E-state index in [9.17, 15) is 14.4 Å². The largest absolute Gasteiger partial charge is 0.376 e. The molecular weight excluding hydrogens is 428 g/mol. The van der Waals surface area contributed by atoms with E-state index in [1.54, 1.807) is 48.5 Å². The van der Waals surface area contributed by atoms with Crippen molar-refractivity contribution in [3.05, 3.63) is 90.0 Å². The molecule has 0 spiro atoms. The van der Waals surface area contributed by atoms with Crippen LogP contribution in [0.4, 0.5) is 17.1 Å². The van der Waals surface area contributed by atoms with Gasteiger partial charge in [0.1, 0.15) is 0 Å². The second-order valence-corrected chi connectivity index (χ2v) is 8.31. The maximum absolute atomic E-state index is 12.5. The van der Waals surface area contributed by atoms with Gasteiger partial charge in [0.15, 0.2) is 0 Å². The lowest BCUT2D eigenvalue weighted by molar-refractivity contribution is -0.119. The molecule has 3 aromatic carbocycles. The van der Waals surface area contributed by atoms with Gasteiger partial charge in [-0.2, -0.15) is 0 Å². The molecule has 0 fully saturated rings. The summed E-state index contributed by atoms with van der Waals surface area (Å²) < 4.78 is 0. The minimum absolute atomic E-state index is 0.0547. The van der Waals surface area contributed by atoms with Gasteiger partial charge < -0.3 is 21.3 Å². The van der Waals surface area contributed by atoms with Gasteiger partial charge in [-0.05, 0) is 55.0 Å². The van der Waals surface area contributed by atoms with Crippen molar-refractivity contribution in [2.45, 2.75) is 26.8 Å². The van der Waals surface area contributed by atoms with Gasteiger partial charge in [0.25, 0.3) is 5.91 Å². The van der Waals surface area contributed by atoms with Crippen molar-refractivity contribution < 1.29 is 14.4 Å². The number of rotatable bonds is 9. The minimum atomic E-state index is -0.231. The zero-order valence-corrected chi connectivity index (χ0v) is 19.6. The van der Waals surface area contributed by atoms with Crippen LogP contribution in [0.5, 0.6) is 0 Å². The maximum atomic E-state index is 12.5. The first kappa shape index (κ1) is 24.5. The van der Waals surface area contributed by atoms with E-state index in [-0.39, 0.29) is 36.2 Å². The highest BCUT2D eigenvalue weighted by Gasteiger charge is 2.12. The van der Waals surface area contributed by atoms with Gasteiger partial charge in [-0.1, -0.05) is 50.2 Å². The molecule has 3 aromatic rings. The Morgan fingerprint density at radius 1 is 0.735 bits per heavy atom. The van der Waals surface area contributed by atoms with E-state index in [4.69, 9.17) is 0 Å². The van der Waals surface area contributed by atoms with Crippen LogP contribution in [0.2, 0.25) is 0 Å². The molecule has 0 saturated carbocycles. The van der Waals surface area contributed by atoms with Crippen LogP contribution in [-0.4, -0.2) is 24.3 Å². The Morgan fingerprint density at radius 3 is 2.03 bits per heavy atom. The molecule has 0 aliphatic rings. The van der Waals surface area contributed by atoms with E-state index in [1.807, 2.05) is 51.1 Å². The van der Waals surface area contributed by atoms with Crippen LogP contribution in [0.15, 0.2) is 78.9 Å². The van der Waals surface area contributed by atoms with E-state index in [2.05, 4.69) is 21.3 Å². The number of anilines is 3. The van der Waals surface area contributed by atoms with E-state index < -0.39 is 0 Å². The van der Waals surface area contributed by atoms with Crippen molar-refractivity contribution in [1.82, 2.24) is 5.32 Å². The average molecular weight is 459 g/mol. The first-order chi connectivity index (χ1) is 16.3. The zero-order chi connectivity index (χ0) is 24.5. The fourth-order valence-corrected chi connectivity index (χ4v) is 3.19. The molecule has 4 N–H and O–H groups in total. The topological polar surface area (TPSA) is 99.3 Å². The lowest BCUT2D eigenvalue weighted by Gasteiger charge is -2.14. The van der Waals surface area contributed by atoms with Crippen LogP contribution >= 0.6 is 0 Å². The van der Waals surface area contributed by atoms with E-state index in [1.165, 1.54) is 0 Å². The standard InChI is InChI=1S/C27H30N4O3/c1-18(2)26(33)31-24-11-7-10-23(16-24)30-25(32)17-28-22-14-12-21(13-15-22)27(34)29-19(3)20-8-5-4-6-9-20/h4-16,18-19,28H,17H2,1-3H3,(H,29,34)(H,30,32)(H,31,33). The van der Waals surface area contributed by atoms with Crippen LogP contribution in [-0.2, 0) is 9.59 Å². The summed E-state index contributed by atoms with van der Waals surface area (Å²) in [6.45, 7) is 5.63. The Hall–Kier alpha value is -4.13. The number of benzene rings is 3. The van der Waals surface area contributed by atoms with Crippen LogP contribution in [0.3, 0.4) is 0 Å². The maximum Gasteiger partial charge on any atom is 0.251 e. The second-order valence-electron chi connectivity index (χ2n) is 8.31. The van der Waals surface area contributed by atoms with Gasteiger partial charge in [-0.25, -0.2) is 0 Å². The average Bonchev–Trinajstić information content (AvgIpc) is 2.83. The summed E-state index contributed by atoms with van der Waals surface area (Å²) in [6, 6.07) is 23.6. The fourth-order valence-electron chi connectivity index (χ4n) is 3.19.